The third kappa shape index (κ3) is 2.16. The lowest BCUT2D eigenvalue weighted by Crippen LogP contribution is -2.04. The van der Waals surface area contributed by atoms with Crippen LogP contribution in [0.1, 0.15) is 10.5 Å². The second-order valence-corrected chi connectivity index (χ2v) is 4.28. The van der Waals surface area contributed by atoms with E-state index in [2.05, 4.69) is 30.9 Å². The molecule has 5 nitrogen and oxygen atoms in total. The van der Waals surface area contributed by atoms with Crippen molar-refractivity contribution in [3.8, 4) is 11.3 Å². The number of nitrogen functional groups attached to an aromatic ring is 1. The molecule has 2 aromatic rings. The summed E-state index contributed by atoms with van der Waals surface area (Å²) in [5.41, 5.74) is 7.68. The summed E-state index contributed by atoms with van der Waals surface area (Å²) in [6, 6.07) is 7.47. The summed E-state index contributed by atoms with van der Waals surface area (Å²) in [5.74, 6) is -0.529. The average Bonchev–Trinajstić information content (AvgIpc) is 2.71. The Morgan fingerprint density at radius 3 is 2.65 bits per heavy atom. The van der Waals surface area contributed by atoms with E-state index in [4.69, 9.17) is 5.73 Å². The number of ether oxygens (including phenoxy) is 1. The number of carbonyl (C=O) groups is 1. The van der Waals surface area contributed by atoms with Gasteiger partial charge < -0.3 is 10.5 Å². The Morgan fingerprint density at radius 1 is 1.41 bits per heavy atom. The van der Waals surface area contributed by atoms with Crippen LogP contribution in [0.15, 0.2) is 28.7 Å². The molecular formula is C11H10BrN3O2. The summed E-state index contributed by atoms with van der Waals surface area (Å²) >= 11 is 3.34. The molecule has 0 radical (unpaired) electrons. The van der Waals surface area contributed by atoms with Crippen molar-refractivity contribution in [1.82, 2.24) is 10.2 Å². The van der Waals surface area contributed by atoms with Crippen LogP contribution in [-0.2, 0) is 4.74 Å². The lowest BCUT2D eigenvalue weighted by molar-refractivity contribution is 0.0595. The highest BCUT2D eigenvalue weighted by atomic mass is 79.9. The van der Waals surface area contributed by atoms with Crippen LogP contribution >= 0.6 is 15.9 Å². The SMILES string of the molecule is COC(=O)c1[nH]nc(-c2ccc(Br)cc2)c1N. The van der Waals surface area contributed by atoms with Gasteiger partial charge in [0.25, 0.3) is 0 Å². The monoisotopic (exact) mass is 295 g/mol. The molecule has 0 fully saturated rings. The van der Waals surface area contributed by atoms with Crippen LogP contribution in [0.3, 0.4) is 0 Å². The third-order valence-corrected chi connectivity index (χ3v) is 2.84. The molecule has 0 saturated carbocycles. The van der Waals surface area contributed by atoms with Gasteiger partial charge in [0.05, 0.1) is 12.8 Å². The van der Waals surface area contributed by atoms with Gasteiger partial charge in [-0.3, -0.25) is 5.10 Å². The fraction of sp³-hybridized carbons (Fsp3) is 0.0909. The minimum Gasteiger partial charge on any atom is -0.464 e. The zero-order valence-electron chi connectivity index (χ0n) is 9.03. The largest absolute Gasteiger partial charge is 0.464 e. The van der Waals surface area contributed by atoms with Gasteiger partial charge in [-0.25, -0.2) is 4.79 Å². The van der Waals surface area contributed by atoms with Gasteiger partial charge in [0, 0.05) is 10.0 Å². The van der Waals surface area contributed by atoms with E-state index in [-0.39, 0.29) is 5.69 Å². The van der Waals surface area contributed by atoms with Crippen LogP contribution in [0.4, 0.5) is 5.69 Å². The molecule has 0 saturated heterocycles. The van der Waals surface area contributed by atoms with Gasteiger partial charge in [-0.2, -0.15) is 5.10 Å². The first-order chi connectivity index (χ1) is 8.13. The molecule has 0 aliphatic carbocycles. The Kier molecular flexibility index (Phi) is 3.14. The smallest absolute Gasteiger partial charge is 0.358 e. The molecule has 0 atom stereocenters. The quantitative estimate of drug-likeness (QED) is 0.832. The maximum Gasteiger partial charge on any atom is 0.358 e. The number of aromatic amines is 1. The molecule has 0 spiro atoms. The maximum absolute atomic E-state index is 11.4. The van der Waals surface area contributed by atoms with E-state index in [1.54, 1.807) is 0 Å². The van der Waals surface area contributed by atoms with Crippen molar-refractivity contribution >= 4 is 27.6 Å². The first kappa shape index (κ1) is 11.7. The van der Waals surface area contributed by atoms with E-state index in [0.29, 0.717) is 11.4 Å². The van der Waals surface area contributed by atoms with E-state index < -0.39 is 5.97 Å². The van der Waals surface area contributed by atoms with Crippen molar-refractivity contribution in [3.05, 3.63) is 34.4 Å². The number of anilines is 1. The molecule has 88 valence electrons. The van der Waals surface area contributed by atoms with Crippen LogP contribution < -0.4 is 5.73 Å². The first-order valence-corrected chi connectivity index (χ1v) is 5.61. The molecule has 1 aromatic carbocycles. The molecule has 0 unspecified atom stereocenters. The fourth-order valence-electron chi connectivity index (χ4n) is 1.44. The number of rotatable bonds is 2. The number of methoxy groups -OCH3 is 1. The molecule has 0 amide bonds. The minimum absolute atomic E-state index is 0.172. The summed E-state index contributed by atoms with van der Waals surface area (Å²) in [6.45, 7) is 0. The number of hydrogen-bond acceptors (Lipinski definition) is 4. The number of nitrogens with zero attached hydrogens (tertiary/aromatic N) is 1. The summed E-state index contributed by atoms with van der Waals surface area (Å²) in [6.07, 6.45) is 0. The number of hydrogen-bond donors (Lipinski definition) is 2. The number of nitrogens with one attached hydrogen (secondary N) is 1. The Labute approximate surface area is 106 Å². The Bertz CT molecular complexity index is 548. The lowest BCUT2D eigenvalue weighted by Gasteiger charge is -1.99. The highest BCUT2D eigenvalue weighted by Crippen LogP contribution is 2.27. The van der Waals surface area contributed by atoms with Gasteiger partial charge in [0.2, 0.25) is 0 Å². The lowest BCUT2D eigenvalue weighted by atomic mass is 10.1. The summed E-state index contributed by atoms with van der Waals surface area (Å²) < 4.78 is 5.55. The predicted octanol–water partition coefficient (Wildman–Crippen LogP) is 2.21. The van der Waals surface area contributed by atoms with Crippen molar-refractivity contribution in [2.75, 3.05) is 12.8 Å². The Hall–Kier alpha value is -1.82. The Balaban J connectivity index is 2.44. The number of esters is 1. The number of halogens is 1. The van der Waals surface area contributed by atoms with Crippen molar-refractivity contribution in [3.63, 3.8) is 0 Å². The highest BCUT2D eigenvalue weighted by Gasteiger charge is 2.17. The van der Waals surface area contributed by atoms with Crippen molar-refractivity contribution in [1.29, 1.82) is 0 Å². The molecule has 0 aliphatic heterocycles. The van der Waals surface area contributed by atoms with Crippen LogP contribution in [0.2, 0.25) is 0 Å². The second-order valence-electron chi connectivity index (χ2n) is 3.36. The number of benzene rings is 1. The van der Waals surface area contributed by atoms with E-state index in [1.807, 2.05) is 24.3 Å². The van der Waals surface area contributed by atoms with Crippen LogP contribution in [0.25, 0.3) is 11.3 Å². The van der Waals surface area contributed by atoms with Crippen molar-refractivity contribution in [2.24, 2.45) is 0 Å². The molecule has 6 heteroatoms. The molecule has 17 heavy (non-hydrogen) atoms. The van der Waals surface area contributed by atoms with Crippen LogP contribution in [-0.4, -0.2) is 23.3 Å². The van der Waals surface area contributed by atoms with E-state index in [1.165, 1.54) is 7.11 Å². The van der Waals surface area contributed by atoms with Gasteiger partial charge in [0.1, 0.15) is 5.69 Å². The molecule has 1 aromatic heterocycles. The zero-order chi connectivity index (χ0) is 12.4. The second kappa shape index (κ2) is 4.58. The molecular weight excluding hydrogens is 286 g/mol. The topological polar surface area (TPSA) is 81.0 Å². The van der Waals surface area contributed by atoms with Gasteiger partial charge in [-0.05, 0) is 12.1 Å². The molecule has 2 rings (SSSR count). The number of aromatic nitrogens is 2. The van der Waals surface area contributed by atoms with E-state index in [0.717, 1.165) is 10.0 Å². The minimum atomic E-state index is -0.529. The van der Waals surface area contributed by atoms with Crippen molar-refractivity contribution < 1.29 is 9.53 Å². The van der Waals surface area contributed by atoms with Gasteiger partial charge in [0.15, 0.2) is 5.69 Å². The first-order valence-electron chi connectivity index (χ1n) is 4.81. The van der Waals surface area contributed by atoms with Crippen molar-refractivity contribution in [2.45, 2.75) is 0 Å². The molecule has 3 N–H and O–H groups in total. The maximum atomic E-state index is 11.4. The summed E-state index contributed by atoms with van der Waals surface area (Å²) in [5, 5.41) is 6.60. The molecule has 0 bridgehead atoms. The standard InChI is InChI=1S/C11H10BrN3O2/c1-17-11(16)10-8(13)9(14-15-10)6-2-4-7(12)5-3-6/h2-5H,13H2,1H3,(H,14,15). The van der Waals surface area contributed by atoms with Crippen LogP contribution in [0.5, 0.6) is 0 Å². The van der Waals surface area contributed by atoms with Crippen LogP contribution in [0, 0.1) is 0 Å². The van der Waals surface area contributed by atoms with Gasteiger partial charge in [-0.15, -0.1) is 0 Å². The zero-order valence-corrected chi connectivity index (χ0v) is 10.6. The third-order valence-electron chi connectivity index (χ3n) is 2.31. The predicted molar refractivity (Wildman–Crippen MR) is 67.5 cm³/mol. The van der Waals surface area contributed by atoms with E-state index >= 15 is 0 Å². The molecule has 1 heterocycles. The number of nitrogens with two attached hydrogens (primary N) is 1. The number of carbonyl (C=O) groups excluding carboxylic acids is 1. The van der Waals surface area contributed by atoms with Gasteiger partial charge in [-0.1, -0.05) is 28.1 Å². The molecule has 0 aliphatic rings. The average molecular weight is 296 g/mol. The Morgan fingerprint density at radius 2 is 2.06 bits per heavy atom. The normalized spacial score (nSPS) is 10.2. The number of H-pyrrole nitrogens is 1. The highest BCUT2D eigenvalue weighted by molar-refractivity contribution is 9.10. The fourth-order valence-corrected chi connectivity index (χ4v) is 1.70. The summed E-state index contributed by atoms with van der Waals surface area (Å²) in [7, 11) is 1.29. The summed E-state index contributed by atoms with van der Waals surface area (Å²) in [4.78, 5) is 11.4. The van der Waals surface area contributed by atoms with E-state index in [9.17, 15) is 4.79 Å². The van der Waals surface area contributed by atoms with Gasteiger partial charge >= 0.3 is 5.97 Å².